The van der Waals surface area contributed by atoms with Crippen LogP contribution < -0.4 is 5.32 Å². The molecule has 0 fully saturated rings. The van der Waals surface area contributed by atoms with E-state index >= 15 is 0 Å². The highest BCUT2D eigenvalue weighted by molar-refractivity contribution is 6.05. The second-order valence-electron chi connectivity index (χ2n) is 4.33. The molecule has 1 heterocycles. The molecule has 0 radical (unpaired) electrons. The normalized spacial score (nSPS) is 10.4. The number of nitrogens with one attached hydrogen (secondary N) is 2. The smallest absolute Gasteiger partial charge is 0.259 e. The molecule has 4 nitrogen and oxygen atoms in total. The number of hydrogen-bond acceptors (Lipinski definition) is 2. The van der Waals surface area contributed by atoms with Crippen molar-refractivity contribution in [1.29, 1.82) is 0 Å². The standard InChI is InChI=1S/C14H17N3O/c1-4-11-7-5-6-9(2)13(11)16-14(18)12-8-15-17-10(12)3/h5-8H,4H2,1-3H3,(H,15,17)(H,16,18). The van der Waals surface area contributed by atoms with Gasteiger partial charge in [0.1, 0.15) is 0 Å². The van der Waals surface area contributed by atoms with Crippen molar-refractivity contribution in [3.8, 4) is 0 Å². The van der Waals surface area contributed by atoms with Gasteiger partial charge >= 0.3 is 0 Å². The third-order valence-corrected chi connectivity index (χ3v) is 3.05. The van der Waals surface area contributed by atoms with Gasteiger partial charge in [-0.2, -0.15) is 5.10 Å². The molecule has 0 aliphatic heterocycles. The van der Waals surface area contributed by atoms with Crippen molar-refractivity contribution >= 4 is 11.6 Å². The number of H-pyrrole nitrogens is 1. The van der Waals surface area contributed by atoms with Crippen LogP contribution in [0.5, 0.6) is 0 Å². The van der Waals surface area contributed by atoms with Crippen molar-refractivity contribution < 1.29 is 4.79 Å². The molecule has 18 heavy (non-hydrogen) atoms. The summed E-state index contributed by atoms with van der Waals surface area (Å²) in [5.74, 6) is -0.120. The molecular weight excluding hydrogens is 226 g/mol. The highest BCUT2D eigenvalue weighted by Gasteiger charge is 2.13. The van der Waals surface area contributed by atoms with Crippen molar-refractivity contribution in [3.05, 3.63) is 46.8 Å². The van der Waals surface area contributed by atoms with Crippen LogP contribution in [0.2, 0.25) is 0 Å². The molecule has 4 heteroatoms. The Balaban J connectivity index is 2.30. The maximum Gasteiger partial charge on any atom is 0.259 e. The lowest BCUT2D eigenvalue weighted by atomic mass is 10.1. The second kappa shape index (κ2) is 5.04. The van der Waals surface area contributed by atoms with Gasteiger partial charge in [-0.15, -0.1) is 0 Å². The summed E-state index contributed by atoms with van der Waals surface area (Å²) in [4.78, 5) is 12.1. The molecule has 0 unspecified atom stereocenters. The molecule has 2 N–H and O–H groups in total. The van der Waals surface area contributed by atoms with Crippen molar-refractivity contribution in [2.75, 3.05) is 5.32 Å². The summed E-state index contributed by atoms with van der Waals surface area (Å²) in [7, 11) is 0. The first-order valence-electron chi connectivity index (χ1n) is 6.03. The Morgan fingerprint density at radius 1 is 1.39 bits per heavy atom. The number of anilines is 1. The Labute approximate surface area is 106 Å². The van der Waals surface area contributed by atoms with Crippen LogP contribution in [-0.4, -0.2) is 16.1 Å². The minimum absolute atomic E-state index is 0.120. The zero-order valence-corrected chi connectivity index (χ0v) is 10.9. The third-order valence-electron chi connectivity index (χ3n) is 3.05. The molecule has 94 valence electrons. The highest BCUT2D eigenvalue weighted by Crippen LogP contribution is 2.22. The van der Waals surface area contributed by atoms with Crippen LogP contribution >= 0.6 is 0 Å². The quantitative estimate of drug-likeness (QED) is 0.870. The van der Waals surface area contributed by atoms with Crippen LogP contribution in [0.25, 0.3) is 0 Å². The van der Waals surface area contributed by atoms with Crippen LogP contribution in [0.3, 0.4) is 0 Å². The molecule has 0 spiro atoms. The molecule has 0 aliphatic rings. The van der Waals surface area contributed by atoms with E-state index in [9.17, 15) is 4.79 Å². The van der Waals surface area contributed by atoms with Crippen molar-refractivity contribution in [2.45, 2.75) is 27.2 Å². The second-order valence-corrected chi connectivity index (χ2v) is 4.33. The van der Waals surface area contributed by atoms with E-state index in [1.165, 1.54) is 0 Å². The molecule has 2 aromatic rings. The van der Waals surface area contributed by atoms with E-state index in [1.54, 1.807) is 6.20 Å². The van der Waals surface area contributed by atoms with Gasteiger partial charge in [0.15, 0.2) is 0 Å². The first-order chi connectivity index (χ1) is 8.63. The van der Waals surface area contributed by atoms with E-state index in [0.29, 0.717) is 5.56 Å². The molecule has 0 bridgehead atoms. The average molecular weight is 243 g/mol. The molecule has 0 atom stereocenters. The first-order valence-corrected chi connectivity index (χ1v) is 6.03. The van der Waals surface area contributed by atoms with Gasteiger partial charge < -0.3 is 5.32 Å². The van der Waals surface area contributed by atoms with Crippen LogP contribution in [0.1, 0.15) is 34.1 Å². The zero-order valence-electron chi connectivity index (χ0n) is 10.9. The molecule has 1 amide bonds. The molecule has 1 aromatic carbocycles. The lowest BCUT2D eigenvalue weighted by Crippen LogP contribution is -2.14. The maximum absolute atomic E-state index is 12.1. The Hall–Kier alpha value is -2.10. The van der Waals surface area contributed by atoms with Crippen LogP contribution in [0, 0.1) is 13.8 Å². The van der Waals surface area contributed by atoms with Gasteiger partial charge in [0, 0.05) is 11.4 Å². The van der Waals surface area contributed by atoms with Crippen molar-refractivity contribution in [3.63, 3.8) is 0 Å². The van der Waals surface area contributed by atoms with Crippen molar-refractivity contribution in [2.24, 2.45) is 0 Å². The van der Waals surface area contributed by atoms with E-state index in [-0.39, 0.29) is 5.91 Å². The molecule has 1 aromatic heterocycles. The minimum Gasteiger partial charge on any atom is -0.321 e. The summed E-state index contributed by atoms with van der Waals surface area (Å²) in [5.41, 5.74) is 4.48. The fourth-order valence-corrected chi connectivity index (χ4v) is 1.96. The van der Waals surface area contributed by atoms with Gasteiger partial charge in [0.05, 0.1) is 11.8 Å². The number of carbonyl (C=O) groups excluding carboxylic acids is 1. The number of carbonyl (C=O) groups is 1. The summed E-state index contributed by atoms with van der Waals surface area (Å²) in [6.45, 7) is 5.91. The largest absolute Gasteiger partial charge is 0.321 e. The molecule has 0 aliphatic carbocycles. The minimum atomic E-state index is -0.120. The summed E-state index contributed by atoms with van der Waals surface area (Å²) in [6.07, 6.45) is 2.44. The predicted molar refractivity (Wildman–Crippen MR) is 71.8 cm³/mol. The Morgan fingerprint density at radius 3 is 2.78 bits per heavy atom. The SMILES string of the molecule is CCc1cccc(C)c1NC(=O)c1cn[nH]c1C. The van der Waals surface area contributed by atoms with Gasteiger partial charge in [-0.3, -0.25) is 9.89 Å². The Bertz CT molecular complexity index is 572. The topological polar surface area (TPSA) is 57.8 Å². The summed E-state index contributed by atoms with van der Waals surface area (Å²) < 4.78 is 0. The van der Waals surface area contributed by atoms with Crippen molar-refractivity contribution in [1.82, 2.24) is 10.2 Å². The maximum atomic E-state index is 12.1. The van der Waals surface area contributed by atoms with Gasteiger partial charge in [0.2, 0.25) is 0 Å². The Kier molecular flexibility index (Phi) is 3.46. The van der Waals surface area contributed by atoms with E-state index in [4.69, 9.17) is 0 Å². The number of hydrogen-bond donors (Lipinski definition) is 2. The molecule has 2 rings (SSSR count). The van der Waals surface area contributed by atoms with E-state index in [1.807, 2.05) is 32.0 Å². The summed E-state index contributed by atoms with van der Waals surface area (Å²) in [6, 6.07) is 6.04. The van der Waals surface area contributed by atoms with Gasteiger partial charge in [-0.05, 0) is 31.4 Å². The zero-order chi connectivity index (χ0) is 13.1. The van der Waals surface area contributed by atoms with Crippen LogP contribution in [-0.2, 0) is 6.42 Å². The van der Waals surface area contributed by atoms with Gasteiger partial charge in [0.25, 0.3) is 5.91 Å². The van der Waals surface area contributed by atoms with Crippen LogP contribution in [0.4, 0.5) is 5.69 Å². The number of nitrogens with zero attached hydrogens (tertiary/aromatic N) is 1. The van der Waals surface area contributed by atoms with E-state index in [0.717, 1.165) is 28.9 Å². The number of aromatic nitrogens is 2. The summed E-state index contributed by atoms with van der Waals surface area (Å²) >= 11 is 0. The monoisotopic (exact) mass is 243 g/mol. The average Bonchev–Trinajstić information content (AvgIpc) is 2.78. The third kappa shape index (κ3) is 2.27. The van der Waals surface area contributed by atoms with E-state index < -0.39 is 0 Å². The summed E-state index contributed by atoms with van der Waals surface area (Å²) in [5, 5.41) is 9.61. The number of para-hydroxylation sites is 1. The van der Waals surface area contributed by atoms with Crippen LogP contribution in [0.15, 0.2) is 24.4 Å². The number of aromatic amines is 1. The predicted octanol–water partition coefficient (Wildman–Crippen LogP) is 2.84. The molecule has 0 saturated heterocycles. The number of benzene rings is 1. The van der Waals surface area contributed by atoms with Gasteiger partial charge in [-0.25, -0.2) is 0 Å². The number of amides is 1. The number of rotatable bonds is 3. The highest BCUT2D eigenvalue weighted by atomic mass is 16.1. The first kappa shape index (κ1) is 12.4. The fourth-order valence-electron chi connectivity index (χ4n) is 1.96. The number of aryl methyl sites for hydroxylation is 3. The van der Waals surface area contributed by atoms with Gasteiger partial charge in [-0.1, -0.05) is 25.1 Å². The fraction of sp³-hybridized carbons (Fsp3) is 0.286. The lowest BCUT2D eigenvalue weighted by Gasteiger charge is -2.12. The molecule has 0 saturated carbocycles. The van der Waals surface area contributed by atoms with E-state index in [2.05, 4.69) is 22.4 Å². The Morgan fingerprint density at radius 2 is 2.17 bits per heavy atom. The molecular formula is C14H17N3O. The lowest BCUT2D eigenvalue weighted by molar-refractivity contribution is 0.102.